The van der Waals surface area contributed by atoms with Gasteiger partial charge in [-0.2, -0.15) is 0 Å². The van der Waals surface area contributed by atoms with Gasteiger partial charge in [-0.05, 0) is 0 Å². The summed E-state index contributed by atoms with van der Waals surface area (Å²) in [5.41, 5.74) is 0. The lowest BCUT2D eigenvalue weighted by atomic mass is 10.5. The van der Waals surface area contributed by atoms with Crippen molar-refractivity contribution in [2.24, 2.45) is 5.10 Å². The lowest BCUT2D eigenvalue weighted by Crippen LogP contribution is -2.49. The van der Waals surface area contributed by atoms with Crippen molar-refractivity contribution in [1.82, 2.24) is 14.8 Å². The van der Waals surface area contributed by atoms with Gasteiger partial charge in [0.15, 0.2) is 9.50 Å². The van der Waals surface area contributed by atoms with Gasteiger partial charge in [-0.3, -0.25) is 0 Å². The highest BCUT2D eigenvalue weighted by molar-refractivity contribution is 7.15. The molecule has 1 aromatic rings. The number of guanidine groups is 1. The molecular weight excluding hydrogens is 353 g/mol. The predicted molar refractivity (Wildman–Crippen MR) is 80.2 cm³/mol. The molecule has 1 fully saturated rings. The maximum Gasteiger partial charge on any atom is 0.277 e. The number of rotatable bonds is 3. The highest BCUT2D eigenvalue weighted by Crippen LogP contribution is 2.20. The van der Waals surface area contributed by atoms with Crippen molar-refractivity contribution in [1.29, 1.82) is 0 Å². The molecule has 1 aromatic heterocycles. The molecule has 2 heterocycles. The quantitative estimate of drug-likeness (QED) is 0.601. The standard InChI is InChI=1S/C8H10ClN5O3S.2ClH/c1-12-4-17-5-13(8(12)11-14(15)16)3-6-2-10-7(9)18-6;;/h2H,3-5H2,1H3;2*1H. The molecule has 1 saturated heterocycles. The van der Waals surface area contributed by atoms with Crippen LogP contribution in [0.2, 0.25) is 4.47 Å². The summed E-state index contributed by atoms with van der Waals surface area (Å²) < 4.78 is 5.72. The van der Waals surface area contributed by atoms with Crippen molar-refractivity contribution in [2.45, 2.75) is 6.54 Å². The highest BCUT2D eigenvalue weighted by Gasteiger charge is 2.25. The third-order valence-electron chi connectivity index (χ3n) is 2.20. The van der Waals surface area contributed by atoms with Gasteiger partial charge in [-0.25, -0.2) is 15.1 Å². The van der Waals surface area contributed by atoms with Crippen molar-refractivity contribution in [3.8, 4) is 0 Å². The first-order chi connectivity index (χ1) is 8.56. The van der Waals surface area contributed by atoms with Crippen molar-refractivity contribution in [3.63, 3.8) is 0 Å². The third-order valence-corrected chi connectivity index (χ3v) is 3.30. The summed E-state index contributed by atoms with van der Waals surface area (Å²) in [6.07, 6.45) is 1.63. The molecule has 20 heavy (non-hydrogen) atoms. The van der Waals surface area contributed by atoms with E-state index >= 15 is 0 Å². The van der Waals surface area contributed by atoms with E-state index in [2.05, 4.69) is 10.1 Å². The molecular formula is C8H12Cl3N5O3S. The molecule has 0 amide bonds. The molecule has 0 bridgehead atoms. The Hall–Kier alpha value is -0.870. The van der Waals surface area contributed by atoms with E-state index in [1.54, 1.807) is 23.0 Å². The number of hydrazone groups is 1. The zero-order chi connectivity index (χ0) is 13.1. The molecule has 0 saturated carbocycles. The minimum Gasteiger partial charge on any atom is -0.341 e. The topological polar surface area (TPSA) is 84.1 Å². The molecule has 0 atom stereocenters. The molecule has 0 N–H and O–H groups in total. The minimum atomic E-state index is -0.718. The van der Waals surface area contributed by atoms with Gasteiger partial charge in [-0.15, -0.1) is 36.2 Å². The van der Waals surface area contributed by atoms with E-state index in [-0.39, 0.29) is 44.2 Å². The molecule has 0 aromatic carbocycles. The van der Waals surface area contributed by atoms with Crippen LogP contribution >= 0.6 is 47.8 Å². The van der Waals surface area contributed by atoms with Gasteiger partial charge in [0.2, 0.25) is 0 Å². The van der Waals surface area contributed by atoms with Crippen LogP contribution in [0.4, 0.5) is 0 Å². The van der Waals surface area contributed by atoms with E-state index in [1.807, 2.05) is 0 Å². The van der Waals surface area contributed by atoms with Gasteiger partial charge in [0.25, 0.3) is 5.96 Å². The van der Waals surface area contributed by atoms with E-state index in [9.17, 15) is 10.1 Å². The normalized spacial score (nSPS) is 16.6. The Morgan fingerprint density at radius 1 is 1.60 bits per heavy atom. The Kier molecular flexibility index (Phi) is 8.06. The average Bonchev–Trinajstić information content (AvgIpc) is 2.69. The van der Waals surface area contributed by atoms with E-state index in [4.69, 9.17) is 16.3 Å². The molecule has 114 valence electrons. The number of aromatic nitrogens is 1. The number of nitro groups is 1. The van der Waals surface area contributed by atoms with Crippen LogP contribution in [-0.2, 0) is 11.3 Å². The maximum atomic E-state index is 10.5. The second-order valence-corrected chi connectivity index (χ2v) is 5.27. The van der Waals surface area contributed by atoms with Crippen LogP contribution in [0.15, 0.2) is 11.3 Å². The summed E-state index contributed by atoms with van der Waals surface area (Å²) >= 11 is 7.05. The first-order valence-electron chi connectivity index (χ1n) is 4.93. The van der Waals surface area contributed by atoms with E-state index in [0.29, 0.717) is 11.0 Å². The molecule has 2 rings (SSSR count). The van der Waals surface area contributed by atoms with Crippen molar-refractivity contribution >= 4 is 53.7 Å². The van der Waals surface area contributed by atoms with E-state index in [0.717, 1.165) is 4.88 Å². The van der Waals surface area contributed by atoms with E-state index < -0.39 is 5.03 Å². The van der Waals surface area contributed by atoms with Crippen LogP contribution in [-0.4, -0.2) is 46.3 Å². The van der Waals surface area contributed by atoms with Crippen LogP contribution < -0.4 is 0 Å². The Balaban J connectivity index is 0.00000180. The van der Waals surface area contributed by atoms with Crippen molar-refractivity contribution in [2.75, 3.05) is 20.5 Å². The van der Waals surface area contributed by atoms with Gasteiger partial charge in [0.1, 0.15) is 18.6 Å². The first-order valence-corrected chi connectivity index (χ1v) is 6.12. The number of thiazole rings is 1. The average molecular weight is 365 g/mol. The van der Waals surface area contributed by atoms with Crippen LogP contribution in [0.25, 0.3) is 0 Å². The minimum absolute atomic E-state index is 0. The number of halogens is 3. The smallest absolute Gasteiger partial charge is 0.277 e. The molecule has 0 aliphatic carbocycles. The fourth-order valence-electron chi connectivity index (χ4n) is 1.52. The Bertz CT molecular complexity index is 486. The fourth-order valence-corrected chi connectivity index (χ4v) is 2.51. The second kappa shape index (κ2) is 8.42. The fraction of sp³-hybridized carbons (Fsp3) is 0.500. The van der Waals surface area contributed by atoms with Crippen LogP contribution in [0, 0.1) is 10.1 Å². The van der Waals surface area contributed by atoms with Gasteiger partial charge < -0.3 is 14.5 Å². The number of ether oxygens (including phenoxy) is 1. The zero-order valence-corrected chi connectivity index (χ0v) is 13.5. The summed E-state index contributed by atoms with van der Waals surface area (Å²) in [7, 11) is 1.67. The molecule has 12 heteroatoms. The molecule has 8 nitrogen and oxygen atoms in total. The number of hydrogen-bond acceptors (Lipinski definition) is 5. The zero-order valence-electron chi connectivity index (χ0n) is 10.3. The Morgan fingerprint density at radius 2 is 2.30 bits per heavy atom. The number of nitrogens with zero attached hydrogens (tertiary/aromatic N) is 5. The molecule has 1 aliphatic rings. The van der Waals surface area contributed by atoms with E-state index in [1.165, 1.54) is 11.3 Å². The maximum absolute atomic E-state index is 10.5. The SMILES string of the molecule is CN1COCN(Cc2cnc(Cl)s2)C1=N[N+](=O)[O-].Cl.Cl. The molecule has 0 spiro atoms. The number of hydrogen-bond donors (Lipinski definition) is 0. The van der Waals surface area contributed by atoms with Gasteiger partial charge in [0.05, 0.1) is 6.54 Å². The summed E-state index contributed by atoms with van der Waals surface area (Å²) in [6, 6.07) is 0. The largest absolute Gasteiger partial charge is 0.341 e. The van der Waals surface area contributed by atoms with Gasteiger partial charge in [-0.1, -0.05) is 11.6 Å². The van der Waals surface area contributed by atoms with Gasteiger partial charge >= 0.3 is 0 Å². The first kappa shape index (κ1) is 19.1. The summed E-state index contributed by atoms with van der Waals surface area (Å²) in [5, 5.41) is 13.2. The Morgan fingerprint density at radius 3 is 2.85 bits per heavy atom. The lowest BCUT2D eigenvalue weighted by Gasteiger charge is -2.34. The third kappa shape index (κ3) is 4.91. The lowest BCUT2D eigenvalue weighted by molar-refractivity contribution is -0.486. The van der Waals surface area contributed by atoms with Crippen LogP contribution in [0.5, 0.6) is 0 Å². The summed E-state index contributed by atoms with van der Waals surface area (Å²) in [5.74, 6) is 0.260. The predicted octanol–water partition coefficient (Wildman–Crippen LogP) is 1.87. The van der Waals surface area contributed by atoms with Crippen molar-refractivity contribution in [3.05, 3.63) is 25.7 Å². The molecule has 1 aliphatic heterocycles. The van der Waals surface area contributed by atoms with Crippen molar-refractivity contribution < 1.29 is 9.77 Å². The molecule has 0 unspecified atom stereocenters. The highest BCUT2D eigenvalue weighted by atomic mass is 35.5. The van der Waals surface area contributed by atoms with Gasteiger partial charge in [0, 0.05) is 18.1 Å². The van der Waals surface area contributed by atoms with Crippen LogP contribution in [0.1, 0.15) is 4.88 Å². The van der Waals surface area contributed by atoms with Crippen LogP contribution in [0.3, 0.4) is 0 Å². The summed E-state index contributed by atoms with van der Waals surface area (Å²) in [4.78, 5) is 18.5. The molecule has 0 radical (unpaired) electrons. The summed E-state index contributed by atoms with van der Waals surface area (Å²) in [6.45, 7) is 0.931. The Labute approximate surface area is 136 Å². The second-order valence-electron chi connectivity index (χ2n) is 3.58. The monoisotopic (exact) mass is 363 g/mol.